The molecule has 0 fully saturated rings. The molecule has 2 aromatic rings. The molecule has 1 aliphatic rings. The second kappa shape index (κ2) is 12.5. The smallest absolute Gasteiger partial charge is 0.316 e. The first-order valence-corrected chi connectivity index (χ1v) is 9.61. The number of hydrogen-bond donors (Lipinski definition) is 3. The molecular formula is C22H32N4O. The van der Waals surface area contributed by atoms with E-state index in [1.54, 1.807) is 12.3 Å². The number of carbonyl (C=O) groups excluding carboxylic acids is 1. The molecule has 0 spiro atoms. The van der Waals surface area contributed by atoms with Gasteiger partial charge in [-0.05, 0) is 55.9 Å². The summed E-state index contributed by atoms with van der Waals surface area (Å²) in [6.45, 7) is 9.95. The number of nitrogens with one attached hydrogen (secondary N) is 2. The Hall–Kier alpha value is -2.82. The molecule has 5 heteroatoms. The van der Waals surface area contributed by atoms with Crippen molar-refractivity contribution in [3.05, 3.63) is 60.3 Å². The molecule has 0 aliphatic heterocycles. The molecule has 5 nitrogen and oxygen atoms in total. The van der Waals surface area contributed by atoms with Gasteiger partial charge < -0.3 is 11.1 Å². The lowest BCUT2D eigenvalue weighted by molar-refractivity contribution is 0.259. The van der Waals surface area contributed by atoms with Crippen LogP contribution in [0, 0.1) is 0 Å². The highest BCUT2D eigenvalue weighted by molar-refractivity contribution is 5.99. The van der Waals surface area contributed by atoms with Crippen LogP contribution >= 0.6 is 0 Å². The van der Waals surface area contributed by atoms with Crippen LogP contribution in [0.5, 0.6) is 0 Å². The molecule has 0 saturated carbocycles. The van der Waals surface area contributed by atoms with Gasteiger partial charge in [-0.1, -0.05) is 51.1 Å². The van der Waals surface area contributed by atoms with Gasteiger partial charge in [0.15, 0.2) is 0 Å². The predicted octanol–water partition coefficient (Wildman–Crippen LogP) is 6.09. The first-order chi connectivity index (χ1) is 13.2. The van der Waals surface area contributed by atoms with Crippen LogP contribution < -0.4 is 11.1 Å². The van der Waals surface area contributed by atoms with Crippen LogP contribution in [-0.2, 0) is 0 Å². The summed E-state index contributed by atoms with van der Waals surface area (Å²) in [5.41, 5.74) is 9.50. The number of H-pyrrole nitrogens is 1. The van der Waals surface area contributed by atoms with Crippen molar-refractivity contribution < 1.29 is 4.79 Å². The minimum absolute atomic E-state index is 0.575. The summed E-state index contributed by atoms with van der Waals surface area (Å²) >= 11 is 0. The second-order valence-corrected chi connectivity index (χ2v) is 5.94. The molecule has 0 radical (unpaired) electrons. The SMILES string of the molecule is C=CC1=C(/C=C\C)CCCCC1.CC.NC(=O)Nc1cccc2[nH]ncc12. The van der Waals surface area contributed by atoms with E-state index in [1.807, 2.05) is 32.1 Å². The Morgan fingerprint density at radius 3 is 2.56 bits per heavy atom. The van der Waals surface area contributed by atoms with Gasteiger partial charge in [0.2, 0.25) is 0 Å². The van der Waals surface area contributed by atoms with Crippen molar-refractivity contribution in [3.8, 4) is 0 Å². The van der Waals surface area contributed by atoms with Crippen molar-refractivity contribution in [2.75, 3.05) is 5.32 Å². The van der Waals surface area contributed by atoms with Crippen molar-refractivity contribution in [1.82, 2.24) is 10.2 Å². The van der Waals surface area contributed by atoms with Crippen LogP contribution in [0.15, 0.2) is 60.3 Å². The second-order valence-electron chi connectivity index (χ2n) is 5.94. The summed E-state index contributed by atoms with van der Waals surface area (Å²) in [6.07, 6.45) is 14.6. The van der Waals surface area contributed by atoms with E-state index in [0.717, 1.165) is 10.9 Å². The maximum Gasteiger partial charge on any atom is 0.316 e. The average molecular weight is 369 g/mol. The lowest BCUT2D eigenvalue weighted by atomic mass is 10.0. The minimum atomic E-state index is -0.575. The molecule has 1 aromatic carbocycles. The third-order valence-corrected chi connectivity index (χ3v) is 4.16. The zero-order valence-electron chi connectivity index (χ0n) is 16.7. The summed E-state index contributed by atoms with van der Waals surface area (Å²) in [6, 6.07) is 4.87. The summed E-state index contributed by atoms with van der Waals surface area (Å²) in [5, 5.41) is 10.0. The van der Waals surface area contributed by atoms with Crippen LogP contribution in [0.25, 0.3) is 10.9 Å². The molecule has 2 amide bonds. The average Bonchev–Trinajstić information content (AvgIpc) is 3.05. The van der Waals surface area contributed by atoms with Crippen molar-refractivity contribution in [3.63, 3.8) is 0 Å². The van der Waals surface area contributed by atoms with E-state index in [0.29, 0.717) is 5.69 Å². The third-order valence-electron chi connectivity index (χ3n) is 4.16. The number of aromatic amines is 1. The van der Waals surface area contributed by atoms with Gasteiger partial charge in [-0.25, -0.2) is 4.79 Å². The fourth-order valence-corrected chi connectivity index (χ4v) is 2.96. The quantitative estimate of drug-likeness (QED) is 0.612. The fourth-order valence-electron chi connectivity index (χ4n) is 2.96. The van der Waals surface area contributed by atoms with E-state index >= 15 is 0 Å². The molecule has 27 heavy (non-hydrogen) atoms. The number of rotatable bonds is 3. The highest BCUT2D eigenvalue weighted by Crippen LogP contribution is 2.25. The van der Waals surface area contributed by atoms with Gasteiger partial charge in [-0.3, -0.25) is 5.10 Å². The van der Waals surface area contributed by atoms with Gasteiger partial charge in [0.05, 0.1) is 17.4 Å². The molecule has 146 valence electrons. The van der Waals surface area contributed by atoms with Crippen molar-refractivity contribution in [2.24, 2.45) is 5.73 Å². The fraction of sp³-hybridized carbons (Fsp3) is 0.364. The molecule has 0 saturated heterocycles. The monoisotopic (exact) mass is 368 g/mol. The number of allylic oxidation sites excluding steroid dienone is 5. The topological polar surface area (TPSA) is 83.8 Å². The predicted molar refractivity (Wildman–Crippen MR) is 116 cm³/mol. The molecule has 1 aromatic heterocycles. The molecule has 0 bridgehead atoms. The van der Waals surface area contributed by atoms with Crippen LogP contribution in [0.3, 0.4) is 0 Å². The number of urea groups is 1. The molecular weight excluding hydrogens is 336 g/mol. The Bertz CT molecular complexity index is 786. The maximum absolute atomic E-state index is 10.6. The number of aromatic nitrogens is 2. The van der Waals surface area contributed by atoms with E-state index in [9.17, 15) is 4.79 Å². The number of amides is 2. The first kappa shape index (κ1) is 22.2. The van der Waals surface area contributed by atoms with Crippen LogP contribution in [0.2, 0.25) is 0 Å². The van der Waals surface area contributed by atoms with Crippen molar-refractivity contribution in [1.29, 1.82) is 0 Å². The number of benzene rings is 1. The van der Waals surface area contributed by atoms with E-state index in [-0.39, 0.29) is 0 Å². The molecule has 1 aliphatic carbocycles. The highest BCUT2D eigenvalue weighted by atomic mass is 16.2. The number of nitrogens with zero attached hydrogens (tertiary/aromatic N) is 1. The van der Waals surface area contributed by atoms with E-state index < -0.39 is 6.03 Å². The Labute approximate surface area is 162 Å². The van der Waals surface area contributed by atoms with Crippen LogP contribution in [0.1, 0.15) is 52.9 Å². The standard InChI is InChI=1S/C12H18.C8H8N4O.C2H6/c1-3-8-12-10-7-5-6-9-11(12)4-2;9-8(13)11-6-2-1-3-7-5(6)4-10-12-7;1-2/h3-4,8H,2,5-7,9-10H2,1H3;1-4H,(H,10,12)(H3,9,11,13);1-2H3/b8-3-;;. The van der Waals surface area contributed by atoms with Gasteiger partial charge in [-0.15, -0.1) is 0 Å². The maximum atomic E-state index is 10.6. The van der Waals surface area contributed by atoms with Crippen LogP contribution in [0.4, 0.5) is 10.5 Å². The van der Waals surface area contributed by atoms with E-state index in [2.05, 4.69) is 41.2 Å². The highest BCUT2D eigenvalue weighted by Gasteiger charge is 2.05. The minimum Gasteiger partial charge on any atom is -0.351 e. The number of fused-ring (bicyclic) bond motifs is 1. The summed E-state index contributed by atoms with van der Waals surface area (Å²) in [7, 11) is 0. The Morgan fingerprint density at radius 1 is 1.22 bits per heavy atom. The van der Waals surface area contributed by atoms with E-state index in [1.165, 1.54) is 43.3 Å². The lowest BCUT2D eigenvalue weighted by Crippen LogP contribution is -2.19. The number of carbonyl (C=O) groups is 1. The number of anilines is 1. The van der Waals surface area contributed by atoms with Gasteiger partial charge in [0.1, 0.15) is 0 Å². The van der Waals surface area contributed by atoms with Gasteiger partial charge in [0, 0.05) is 5.39 Å². The third kappa shape index (κ3) is 7.13. The first-order valence-electron chi connectivity index (χ1n) is 9.61. The molecule has 0 unspecified atom stereocenters. The number of hydrogen-bond acceptors (Lipinski definition) is 2. The van der Waals surface area contributed by atoms with E-state index in [4.69, 9.17) is 5.73 Å². The van der Waals surface area contributed by atoms with Crippen molar-refractivity contribution >= 4 is 22.6 Å². The Morgan fingerprint density at radius 2 is 1.93 bits per heavy atom. The van der Waals surface area contributed by atoms with Gasteiger partial charge >= 0.3 is 6.03 Å². The zero-order chi connectivity index (χ0) is 20.1. The molecule has 4 N–H and O–H groups in total. The zero-order valence-corrected chi connectivity index (χ0v) is 16.7. The molecule has 0 atom stereocenters. The van der Waals surface area contributed by atoms with Crippen LogP contribution in [-0.4, -0.2) is 16.2 Å². The van der Waals surface area contributed by atoms with Gasteiger partial charge in [0.25, 0.3) is 0 Å². The molecule has 3 rings (SSSR count). The van der Waals surface area contributed by atoms with Crippen molar-refractivity contribution in [2.45, 2.75) is 52.9 Å². The summed E-state index contributed by atoms with van der Waals surface area (Å²) in [5.74, 6) is 0. The largest absolute Gasteiger partial charge is 0.351 e. The molecule has 1 heterocycles. The summed E-state index contributed by atoms with van der Waals surface area (Å²) in [4.78, 5) is 10.6. The normalized spacial score (nSPS) is 13.9. The Balaban J connectivity index is 0.000000248. The number of primary amides is 1. The summed E-state index contributed by atoms with van der Waals surface area (Å²) < 4.78 is 0. The Kier molecular flexibility index (Phi) is 10.3. The number of nitrogens with two attached hydrogens (primary N) is 1. The van der Waals surface area contributed by atoms with Gasteiger partial charge in [-0.2, -0.15) is 5.10 Å². The lowest BCUT2D eigenvalue weighted by Gasteiger charge is -2.03.